The van der Waals surface area contributed by atoms with Crippen LogP contribution in [0.3, 0.4) is 0 Å². The molecule has 0 bridgehead atoms. The summed E-state index contributed by atoms with van der Waals surface area (Å²) in [6, 6.07) is 0. The van der Waals surface area contributed by atoms with Crippen molar-refractivity contribution in [2.75, 3.05) is 13.2 Å². The Morgan fingerprint density at radius 2 is 0.574 bits per heavy atom. The van der Waals surface area contributed by atoms with E-state index in [1.807, 2.05) is 0 Å². The van der Waals surface area contributed by atoms with Crippen molar-refractivity contribution in [3.8, 4) is 0 Å². The lowest BCUT2D eigenvalue weighted by Crippen LogP contribution is -2.30. The Morgan fingerprint density at radius 3 is 0.956 bits per heavy atom. The predicted octanol–water partition coefficient (Wildman–Crippen LogP) is 18.9. The molecule has 6 heteroatoms. The lowest BCUT2D eigenvalue weighted by molar-refractivity contribution is -0.167. The van der Waals surface area contributed by atoms with E-state index in [9.17, 15) is 14.4 Å². The number of ether oxygens (including phenoxy) is 3. The highest BCUT2D eigenvalue weighted by molar-refractivity contribution is 5.71. The third-order valence-corrected chi connectivity index (χ3v) is 11.8. The normalized spacial score (nSPS) is 12.8. The molecule has 388 valence electrons. The predicted molar refractivity (Wildman–Crippen MR) is 293 cm³/mol. The molecule has 0 N–H and O–H groups in total. The molecule has 0 saturated carbocycles. The smallest absolute Gasteiger partial charge is 0.306 e. The quantitative estimate of drug-likeness (QED) is 0.0262. The van der Waals surface area contributed by atoms with E-state index >= 15 is 0 Å². The molecular formula is C62H104O6. The number of carbonyl (C=O) groups is 3. The fraction of sp³-hybridized carbons (Fsp3) is 0.694. The molecule has 0 aliphatic carbocycles. The minimum absolute atomic E-state index is 0.0998. The van der Waals surface area contributed by atoms with Gasteiger partial charge in [-0.15, -0.1) is 0 Å². The number of hydrogen-bond acceptors (Lipinski definition) is 6. The first-order chi connectivity index (χ1) is 33.5. The Kier molecular flexibility index (Phi) is 52.9. The van der Waals surface area contributed by atoms with Gasteiger partial charge in [0.2, 0.25) is 0 Å². The first-order valence-corrected chi connectivity index (χ1v) is 28.2. The molecule has 0 amide bonds. The number of allylic oxidation sites excluding steroid dienone is 16. The topological polar surface area (TPSA) is 78.9 Å². The van der Waals surface area contributed by atoms with Crippen molar-refractivity contribution in [3.63, 3.8) is 0 Å². The zero-order valence-corrected chi connectivity index (χ0v) is 44.3. The van der Waals surface area contributed by atoms with Crippen molar-refractivity contribution in [2.45, 2.75) is 264 Å². The fourth-order valence-electron chi connectivity index (χ4n) is 7.55. The van der Waals surface area contributed by atoms with Gasteiger partial charge in [0.15, 0.2) is 6.10 Å². The summed E-state index contributed by atoms with van der Waals surface area (Å²) in [4.78, 5) is 38.1. The Bertz CT molecular complexity index is 1360. The first-order valence-electron chi connectivity index (χ1n) is 28.2. The van der Waals surface area contributed by atoms with E-state index in [4.69, 9.17) is 14.2 Å². The zero-order valence-electron chi connectivity index (χ0n) is 44.3. The molecule has 0 saturated heterocycles. The summed E-state index contributed by atoms with van der Waals surface area (Å²) >= 11 is 0. The van der Waals surface area contributed by atoms with E-state index in [1.54, 1.807) is 0 Å². The van der Waals surface area contributed by atoms with Crippen LogP contribution in [0.25, 0.3) is 0 Å². The maximum absolute atomic E-state index is 12.8. The highest BCUT2D eigenvalue weighted by Crippen LogP contribution is 2.14. The molecule has 1 unspecified atom stereocenters. The second kappa shape index (κ2) is 55.9. The average molecular weight is 946 g/mol. The largest absolute Gasteiger partial charge is 0.462 e. The Morgan fingerprint density at radius 1 is 0.309 bits per heavy atom. The SMILES string of the molecule is CC/C=C\C/C=C\C/C=C\C/C=C\C/C=C\CCCCCC(=O)OCC(COC(=O)CCCCC/C=C\CCCCCCCCC)OC(=O)CCCCCCCCC/C=C\C/C=C\CCCCC. The van der Waals surface area contributed by atoms with Gasteiger partial charge in [0.1, 0.15) is 13.2 Å². The summed E-state index contributed by atoms with van der Waals surface area (Å²) in [7, 11) is 0. The van der Waals surface area contributed by atoms with Gasteiger partial charge in [-0.05, 0) is 122 Å². The van der Waals surface area contributed by atoms with Gasteiger partial charge in [-0.2, -0.15) is 0 Å². The van der Waals surface area contributed by atoms with Gasteiger partial charge in [0.05, 0.1) is 0 Å². The lowest BCUT2D eigenvalue weighted by Gasteiger charge is -2.18. The molecule has 0 fully saturated rings. The van der Waals surface area contributed by atoms with E-state index in [1.165, 1.54) is 96.3 Å². The van der Waals surface area contributed by atoms with Crippen molar-refractivity contribution in [1.29, 1.82) is 0 Å². The summed E-state index contributed by atoms with van der Waals surface area (Å²) < 4.78 is 16.8. The van der Waals surface area contributed by atoms with Crippen LogP contribution in [0.5, 0.6) is 0 Å². The van der Waals surface area contributed by atoms with Crippen molar-refractivity contribution in [1.82, 2.24) is 0 Å². The third kappa shape index (κ3) is 53.3. The maximum Gasteiger partial charge on any atom is 0.306 e. The second-order valence-corrected chi connectivity index (χ2v) is 18.5. The van der Waals surface area contributed by atoms with E-state index in [0.29, 0.717) is 19.3 Å². The number of unbranched alkanes of at least 4 members (excludes halogenated alkanes) is 23. The Hall–Kier alpha value is -3.67. The second-order valence-electron chi connectivity index (χ2n) is 18.5. The zero-order chi connectivity index (χ0) is 49.3. The molecule has 0 aromatic rings. The highest BCUT2D eigenvalue weighted by atomic mass is 16.6. The Balaban J connectivity index is 4.48. The molecule has 0 rings (SSSR count). The van der Waals surface area contributed by atoms with Gasteiger partial charge in [0, 0.05) is 19.3 Å². The first kappa shape index (κ1) is 64.3. The molecule has 0 aromatic heterocycles. The monoisotopic (exact) mass is 945 g/mol. The number of rotatable bonds is 50. The Labute approximate surface area is 419 Å². The van der Waals surface area contributed by atoms with E-state index in [-0.39, 0.29) is 31.1 Å². The van der Waals surface area contributed by atoms with Crippen LogP contribution >= 0.6 is 0 Å². The molecular weight excluding hydrogens is 841 g/mol. The van der Waals surface area contributed by atoms with E-state index < -0.39 is 6.10 Å². The van der Waals surface area contributed by atoms with Gasteiger partial charge in [0.25, 0.3) is 0 Å². The molecule has 0 radical (unpaired) electrons. The number of hydrogen-bond donors (Lipinski definition) is 0. The minimum atomic E-state index is -0.803. The molecule has 0 heterocycles. The van der Waals surface area contributed by atoms with Crippen molar-refractivity contribution in [2.24, 2.45) is 0 Å². The summed E-state index contributed by atoms with van der Waals surface area (Å²) in [6.07, 6.45) is 73.9. The van der Waals surface area contributed by atoms with Crippen LogP contribution in [0.15, 0.2) is 97.2 Å². The van der Waals surface area contributed by atoms with Crippen LogP contribution in [0.1, 0.15) is 258 Å². The summed E-state index contributed by atoms with van der Waals surface area (Å²) in [5, 5.41) is 0. The molecule has 0 spiro atoms. The average Bonchev–Trinajstić information content (AvgIpc) is 3.34. The van der Waals surface area contributed by atoms with Crippen LogP contribution in [0, 0.1) is 0 Å². The molecule has 0 aliphatic rings. The van der Waals surface area contributed by atoms with Crippen LogP contribution < -0.4 is 0 Å². The van der Waals surface area contributed by atoms with E-state index in [2.05, 4.69) is 118 Å². The lowest BCUT2D eigenvalue weighted by atomic mass is 10.1. The maximum atomic E-state index is 12.8. The van der Waals surface area contributed by atoms with Gasteiger partial charge >= 0.3 is 17.9 Å². The minimum Gasteiger partial charge on any atom is -0.462 e. The van der Waals surface area contributed by atoms with Gasteiger partial charge in [-0.3, -0.25) is 14.4 Å². The van der Waals surface area contributed by atoms with Crippen LogP contribution in [0.4, 0.5) is 0 Å². The van der Waals surface area contributed by atoms with Gasteiger partial charge in [-0.1, -0.05) is 214 Å². The number of carbonyl (C=O) groups excluding carboxylic acids is 3. The van der Waals surface area contributed by atoms with Crippen LogP contribution in [-0.4, -0.2) is 37.2 Å². The fourth-order valence-corrected chi connectivity index (χ4v) is 7.55. The third-order valence-electron chi connectivity index (χ3n) is 11.8. The van der Waals surface area contributed by atoms with Crippen LogP contribution in [0.2, 0.25) is 0 Å². The van der Waals surface area contributed by atoms with Crippen LogP contribution in [-0.2, 0) is 28.6 Å². The van der Waals surface area contributed by atoms with E-state index in [0.717, 1.165) is 122 Å². The van der Waals surface area contributed by atoms with Gasteiger partial charge < -0.3 is 14.2 Å². The van der Waals surface area contributed by atoms with Crippen molar-refractivity contribution in [3.05, 3.63) is 97.2 Å². The molecule has 1 atom stereocenters. The number of esters is 3. The summed E-state index contributed by atoms with van der Waals surface area (Å²) in [5.41, 5.74) is 0. The summed E-state index contributed by atoms with van der Waals surface area (Å²) in [5.74, 6) is -0.953. The van der Waals surface area contributed by atoms with Crippen molar-refractivity contribution < 1.29 is 28.6 Å². The molecule has 0 aliphatic heterocycles. The molecule has 0 aromatic carbocycles. The molecule has 6 nitrogen and oxygen atoms in total. The highest BCUT2D eigenvalue weighted by Gasteiger charge is 2.19. The molecule has 68 heavy (non-hydrogen) atoms. The van der Waals surface area contributed by atoms with Gasteiger partial charge in [-0.25, -0.2) is 0 Å². The standard InChI is InChI=1S/C62H104O6/c1-4-7-10-13-16-19-22-25-28-30-31-33-34-37-40-43-46-49-52-55-61(64)67-58-59(57-66-60(63)54-51-48-45-42-39-36-27-24-21-18-15-12-9-6-3)68-62(65)56-53-50-47-44-41-38-35-32-29-26-23-20-17-14-11-8-5-2/h7,10,16-17,19-20,25-26,28-29,31,33,36-37,39-40,59H,4-6,8-9,11-15,18,21-24,27,30,32,34-35,38,41-58H2,1-3H3/b10-7-,19-16-,20-17-,28-25-,29-26-,33-31-,39-36-,40-37-. The van der Waals surface area contributed by atoms with Crippen molar-refractivity contribution >= 4 is 17.9 Å². The summed E-state index contributed by atoms with van der Waals surface area (Å²) in [6.45, 7) is 6.45.